The fourth-order valence-corrected chi connectivity index (χ4v) is 2.98. The number of nitrogens with one attached hydrogen (secondary N) is 2. The molecule has 0 saturated heterocycles. The Kier molecular flexibility index (Phi) is 5.18. The summed E-state index contributed by atoms with van der Waals surface area (Å²) in [5.41, 5.74) is 2.94. The predicted molar refractivity (Wildman–Crippen MR) is 93.5 cm³/mol. The number of benzene rings is 2. The third kappa shape index (κ3) is 4.29. The Morgan fingerprint density at radius 1 is 1.16 bits per heavy atom. The highest BCUT2D eigenvalue weighted by molar-refractivity contribution is 5.80. The number of fused-ring (bicyclic) bond motifs is 1. The largest absolute Gasteiger partial charge is 0.480 e. The molecule has 0 saturated carbocycles. The molecule has 2 atom stereocenters. The van der Waals surface area contributed by atoms with Crippen molar-refractivity contribution in [2.45, 2.75) is 25.0 Å². The van der Waals surface area contributed by atoms with E-state index in [1.165, 1.54) is 0 Å². The average Bonchev–Trinajstić information content (AvgIpc) is 3.03. The van der Waals surface area contributed by atoms with Crippen LogP contribution in [-0.4, -0.2) is 29.8 Å². The van der Waals surface area contributed by atoms with Crippen molar-refractivity contribution in [1.82, 2.24) is 5.32 Å². The predicted octanol–water partition coefficient (Wildman–Crippen LogP) is 2.97. The lowest BCUT2D eigenvalue weighted by atomic mass is 9.94. The van der Waals surface area contributed by atoms with Gasteiger partial charge in [0.25, 0.3) is 0 Å². The van der Waals surface area contributed by atoms with Crippen molar-refractivity contribution >= 4 is 17.7 Å². The lowest BCUT2D eigenvalue weighted by Crippen LogP contribution is -2.42. The molecule has 6 nitrogen and oxygen atoms in total. The minimum Gasteiger partial charge on any atom is -0.480 e. The number of aliphatic carboxylic acids is 1. The van der Waals surface area contributed by atoms with Crippen LogP contribution < -0.4 is 10.6 Å². The van der Waals surface area contributed by atoms with E-state index in [-0.39, 0.29) is 12.5 Å². The van der Waals surface area contributed by atoms with Crippen LogP contribution in [0.1, 0.15) is 23.5 Å². The molecule has 2 aromatic rings. The molecule has 1 heterocycles. The number of alkyl carbamates (subject to hydrolysis) is 1. The van der Waals surface area contributed by atoms with Crippen LogP contribution in [0, 0.1) is 0 Å². The highest BCUT2D eigenvalue weighted by atomic mass is 16.5. The van der Waals surface area contributed by atoms with Crippen LogP contribution in [0.5, 0.6) is 0 Å². The second-order valence-corrected chi connectivity index (χ2v) is 6.00. The van der Waals surface area contributed by atoms with E-state index in [2.05, 4.69) is 10.6 Å². The fourth-order valence-electron chi connectivity index (χ4n) is 2.98. The van der Waals surface area contributed by atoms with Gasteiger partial charge in [0, 0.05) is 18.2 Å². The maximum absolute atomic E-state index is 11.9. The van der Waals surface area contributed by atoms with E-state index in [4.69, 9.17) is 4.74 Å². The van der Waals surface area contributed by atoms with Gasteiger partial charge in [0.15, 0.2) is 0 Å². The summed E-state index contributed by atoms with van der Waals surface area (Å²) in [6.45, 7) is 0.761. The summed E-state index contributed by atoms with van der Waals surface area (Å²) in [4.78, 5) is 23.5. The SMILES string of the molecule is O=C(N[C@H](C[C@@H]1CNc2ccccc21)C(=O)O)OCc1ccccc1. The Morgan fingerprint density at radius 3 is 2.64 bits per heavy atom. The quantitative estimate of drug-likeness (QED) is 0.752. The van der Waals surface area contributed by atoms with Gasteiger partial charge in [-0.15, -0.1) is 0 Å². The van der Waals surface area contributed by atoms with E-state index >= 15 is 0 Å². The Labute approximate surface area is 145 Å². The number of anilines is 1. The number of para-hydroxylation sites is 1. The van der Waals surface area contributed by atoms with Crippen molar-refractivity contribution < 1.29 is 19.4 Å². The second kappa shape index (κ2) is 7.70. The van der Waals surface area contributed by atoms with E-state index < -0.39 is 18.1 Å². The minimum absolute atomic E-state index is 0.0340. The molecule has 0 unspecified atom stereocenters. The molecular formula is C19H20N2O4. The molecule has 0 fully saturated rings. The number of amides is 1. The standard InChI is InChI=1S/C19H20N2O4/c22-18(23)17(10-14-11-20-16-9-5-4-8-15(14)16)21-19(24)25-12-13-6-2-1-3-7-13/h1-9,14,17,20H,10-12H2,(H,21,24)(H,22,23)/t14-,17-/m1/s1. The van der Waals surface area contributed by atoms with E-state index in [1.54, 1.807) is 0 Å². The Bertz CT molecular complexity index is 748. The van der Waals surface area contributed by atoms with Crippen LogP contribution in [-0.2, 0) is 16.1 Å². The Balaban J connectivity index is 1.57. The van der Waals surface area contributed by atoms with E-state index in [9.17, 15) is 14.7 Å². The van der Waals surface area contributed by atoms with Crippen LogP contribution in [0.15, 0.2) is 54.6 Å². The van der Waals surface area contributed by atoms with Gasteiger partial charge < -0.3 is 20.5 Å². The van der Waals surface area contributed by atoms with Gasteiger partial charge in [-0.05, 0) is 23.6 Å². The van der Waals surface area contributed by atoms with Gasteiger partial charge in [-0.1, -0.05) is 48.5 Å². The van der Waals surface area contributed by atoms with Crippen LogP contribution in [0.4, 0.5) is 10.5 Å². The smallest absolute Gasteiger partial charge is 0.408 e. The van der Waals surface area contributed by atoms with Crippen LogP contribution in [0.3, 0.4) is 0 Å². The number of hydrogen-bond acceptors (Lipinski definition) is 4. The number of rotatable bonds is 6. The summed E-state index contributed by atoms with van der Waals surface area (Å²) in [6.07, 6.45) is -0.421. The first-order valence-corrected chi connectivity index (χ1v) is 8.16. The molecule has 0 aromatic heterocycles. The molecule has 130 valence electrons. The molecule has 2 aromatic carbocycles. The van der Waals surface area contributed by atoms with Crippen molar-refractivity contribution in [2.24, 2.45) is 0 Å². The lowest BCUT2D eigenvalue weighted by Gasteiger charge is -2.18. The molecule has 1 aliphatic rings. The average molecular weight is 340 g/mol. The van der Waals surface area contributed by atoms with Gasteiger partial charge in [-0.25, -0.2) is 9.59 Å². The van der Waals surface area contributed by atoms with Crippen molar-refractivity contribution in [3.63, 3.8) is 0 Å². The normalized spacial score (nSPS) is 16.4. The molecule has 0 spiro atoms. The van der Waals surface area contributed by atoms with Crippen LogP contribution in [0.25, 0.3) is 0 Å². The van der Waals surface area contributed by atoms with Crippen molar-refractivity contribution in [1.29, 1.82) is 0 Å². The van der Waals surface area contributed by atoms with E-state index in [0.29, 0.717) is 13.0 Å². The Hall–Kier alpha value is -3.02. The number of hydrogen-bond donors (Lipinski definition) is 3. The number of carboxylic acid groups (broad SMARTS) is 1. The van der Waals surface area contributed by atoms with E-state index in [0.717, 1.165) is 16.8 Å². The summed E-state index contributed by atoms with van der Waals surface area (Å²) in [5, 5.41) is 15.1. The van der Waals surface area contributed by atoms with Crippen LogP contribution in [0.2, 0.25) is 0 Å². The van der Waals surface area contributed by atoms with Crippen molar-refractivity contribution in [3.8, 4) is 0 Å². The monoisotopic (exact) mass is 340 g/mol. The maximum Gasteiger partial charge on any atom is 0.408 e. The first kappa shape index (κ1) is 16.8. The molecule has 25 heavy (non-hydrogen) atoms. The second-order valence-electron chi connectivity index (χ2n) is 6.00. The third-order valence-corrected chi connectivity index (χ3v) is 4.26. The molecule has 3 N–H and O–H groups in total. The zero-order chi connectivity index (χ0) is 17.6. The summed E-state index contributed by atoms with van der Waals surface area (Å²) in [5.74, 6) is -1.03. The highest BCUT2D eigenvalue weighted by Crippen LogP contribution is 2.33. The van der Waals surface area contributed by atoms with Gasteiger partial charge in [0.1, 0.15) is 12.6 Å². The summed E-state index contributed by atoms with van der Waals surface area (Å²) in [6, 6.07) is 16.0. The highest BCUT2D eigenvalue weighted by Gasteiger charge is 2.29. The Morgan fingerprint density at radius 2 is 1.88 bits per heavy atom. The van der Waals surface area contributed by atoms with Gasteiger partial charge in [-0.2, -0.15) is 0 Å². The molecule has 0 aliphatic carbocycles. The molecule has 0 radical (unpaired) electrons. The lowest BCUT2D eigenvalue weighted by molar-refractivity contribution is -0.139. The van der Waals surface area contributed by atoms with Gasteiger partial charge in [0.2, 0.25) is 0 Å². The maximum atomic E-state index is 11.9. The van der Waals surface area contributed by atoms with E-state index in [1.807, 2.05) is 54.6 Å². The van der Waals surface area contributed by atoms with Gasteiger partial charge in [0.05, 0.1) is 0 Å². The molecule has 1 amide bonds. The summed E-state index contributed by atoms with van der Waals surface area (Å²) < 4.78 is 5.11. The first-order chi connectivity index (χ1) is 12.1. The number of ether oxygens (including phenoxy) is 1. The zero-order valence-electron chi connectivity index (χ0n) is 13.6. The molecule has 1 aliphatic heterocycles. The number of carboxylic acids is 1. The fraction of sp³-hybridized carbons (Fsp3) is 0.263. The zero-order valence-corrected chi connectivity index (χ0v) is 13.6. The van der Waals surface area contributed by atoms with Crippen LogP contribution >= 0.6 is 0 Å². The minimum atomic E-state index is -1.07. The molecule has 3 rings (SSSR count). The molecule has 6 heteroatoms. The summed E-state index contributed by atoms with van der Waals surface area (Å²) in [7, 11) is 0. The number of carbonyl (C=O) groups is 2. The number of carbonyl (C=O) groups excluding carboxylic acids is 1. The van der Waals surface area contributed by atoms with Gasteiger partial charge in [-0.3, -0.25) is 0 Å². The van der Waals surface area contributed by atoms with Gasteiger partial charge >= 0.3 is 12.1 Å². The third-order valence-electron chi connectivity index (χ3n) is 4.26. The topological polar surface area (TPSA) is 87.7 Å². The first-order valence-electron chi connectivity index (χ1n) is 8.16. The molecule has 0 bridgehead atoms. The van der Waals surface area contributed by atoms with Crippen molar-refractivity contribution in [3.05, 3.63) is 65.7 Å². The summed E-state index contributed by atoms with van der Waals surface area (Å²) >= 11 is 0. The molecular weight excluding hydrogens is 320 g/mol. The van der Waals surface area contributed by atoms with Crippen molar-refractivity contribution in [2.75, 3.05) is 11.9 Å².